The highest BCUT2D eigenvalue weighted by Crippen LogP contribution is 2.31. The Hall–Kier alpha value is -2.84. The van der Waals surface area contributed by atoms with Crippen LogP contribution in [0, 0.1) is 0 Å². The number of rotatable bonds is 1. The molecular weight excluding hydrogens is 324 g/mol. The van der Waals surface area contributed by atoms with Crippen LogP contribution >= 0.6 is 0 Å². The van der Waals surface area contributed by atoms with Crippen molar-refractivity contribution in [1.29, 1.82) is 0 Å². The van der Waals surface area contributed by atoms with Crippen LogP contribution in [0.3, 0.4) is 0 Å². The lowest BCUT2D eigenvalue weighted by atomic mass is 9.99. The topological polar surface area (TPSA) is 110 Å². The molecular formula is C16H20N6O3. The number of carbonyl (C=O) groups is 2. The Balaban J connectivity index is 1.77. The maximum Gasteiger partial charge on any atom is 0.315 e. The maximum atomic E-state index is 12.9. The van der Waals surface area contributed by atoms with Gasteiger partial charge in [-0.15, -0.1) is 0 Å². The number of hydrogen-bond acceptors (Lipinski definition) is 5. The van der Waals surface area contributed by atoms with E-state index in [0.717, 1.165) is 17.0 Å². The summed E-state index contributed by atoms with van der Waals surface area (Å²) in [6.07, 6.45) is 2.19. The van der Waals surface area contributed by atoms with Crippen molar-refractivity contribution >= 4 is 11.9 Å². The van der Waals surface area contributed by atoms with Crippen LogP contribution in [0.4, 0.5) is 4.79 Å². The van der Waals surface area contributed by atoms with E-state index in [1.165, 1.54) is 0 Å². The lowest BCUT2D eigenvalue weighted by Gasteiger charge is -2.31. The van der Waals surface area contributed by atoms with Crippen molar-refractivity contribution in [1.82, 2.24) is 24.7 Å². The number of urea groups is 1. The molecule has 0 spiro atoms. The lowest BCUT2D eigenvalue weighted by molar-refractivity contribution is 0.0785. The van der Waals surface area contributed by atoms with Crippen LogP contribution in [0.2, 0.25) is 0 Å². The van der Waals surface area contributed by atoms with Gasteiger partial charge in [0.25, 0.3) is 5.91 Å². The Bertz CT molecular complexity index is 827. The predicted octanol–water partition coefficient (Wildman–Crippen LogP) is 0.566. The van der Waals surface area contributed by atoms with Crippen molar-refractivity contribution < 1.29 is 14.1 Å². The number of likely N-dealkylation sites (N-methyl/N-ethyl adjacent to an activating group) is 1. The molecule has 132 valence electrons. The third kappa shape index (κ3) is 2.46. The van der Waals surface area contributed by atoms with Crippen molar-refractivity contribution in [2.24, 2.45) is 5.73 Å². The van der Waals surface area contributed by atoms with Gasteiger partial charge in [0.15, 0.2) is 0 Å². The Labute approximate surface area is 144 Å². The van der Waals surface area contributed by atoms with Gasteiger partial charge < -0.3 is 20.1 Å². The lowest BCUT2D eigenvalue weighted by Crippen LogP contribution is -2.45. The summed E-state index contributed by atoms with van der Waals surface area (Å²) in [7, 11) is 1.76. The number of hydrogen-bond donors (Lipinski definition) is 1. The number of fused-ring (bicyclic) bond motifs is 3. The number of primary amides is 1. The summed E-state index contributed by atoms with van der Waals surface area (Å²) in [6, 6.07) is 1.29. The molecule has 3 amide bonds. The van der Waals surface area contributed by atoms with E-state index < -0.39 is 6.03 Å². The van der Waals surface area contributed by atoms with Crippen LogP contribution in [0.15, 0.2) is 16.8 Å². The van der Waals surface area contributed by atoms with Gasteiger partial charge in [0.2, 0.25) is 0 Å². The first-order valence-electron chi connectivity index (χ1n) is 8.26. The van der Waals surface area contributed by atoms with Gasteiger partial charge in [-0.2, -0.15) is 5.10 Å². The number of nitrogens with zero attached hydrogens (tertiary/aromatic N) is 5. The van der Waals surface area contributed by atoms with Gasteiger partial charge in [0.1, 0.15) is 11.5 Å². The minimum absolute atomic E-state index is 0.0243. The van der Waals surface area contributed by atoms with Crippen LogP contribution in [-0.4, -0.2) is 56.3 Å². The Morgan fingerprint density at radius 2 is 2.20 bits per heavy atom. The zero-order valence-electron chi connectivity index (χ0n) is 14.2. The number of aromatic nitrogens is 3. The summed E-state index contributed by atoms with van der Waals surface area (Å²) in [5, 5.41) is 8.44. The average Bonchev–Trinajstić information content (AvgIpc) is 3.17. The van der Waals surface area contributed by atoms with Gasteiger partial charge in [0.05, 0.1) is 30.9 Å². The van der Waals surface area contributed by atoms with Gasteiger partial charge in [-0.1, -0.05) is 5.16 Å². The molecule has 0 fully saturated rings. The third-order valence-electron chi connectivity index (χ3n) is 5.06. The van der Waals surface area contributed by atoms with Gasteiger partial charge in [-0.25, -0.2) is 4.79 Å². The van der Waals surface area contributed by atoms with Crippen LogP contribution in [0.1, 0.15) is 40.3 Å². The van der Waals surface area contributed by atoms with Crippen LogP contribution in [0.5, 0.6) is 0 Å². The standard InChI is InChI=1S/C16H20N6O3/c1-9-5-12-11(8-21(9)16(17)24)14-15(23)20(2)6-10(7-22(14)19-12)13-3-4-18-25-13/h3-4,9-10H,5-8H2,1-2H3,(H2,17,24). The van der Waals surface area contributed by atoms with E-state index in [2.05, 4.69) is 10.3 Å². The van der Waals surface area contributed by atoms with Crippen LogP contribution < -0.4 is 5.73 Å². The molecule has 9 nitrogen and oxygen atoms in total. The minimum atomic E-state index is -0.480. The minimum Gasteiger partial charge on any atom is -0.361 e. The maximum absolute atomic E-state index is 12.9. The van der Waals surface area contributed by atoms with Gasteiger partial charge in [-0.3, -0.25) is 9.48 Å². The fourth-order valence-electron chi connectivity index (χ4n) is 3.74. The quantitative estimate of drug-likeness (QED) is 0.813. The molecule has 2 aromatic heterocycles. The largest absolute Gasteiger partial charge is 0.361 e. The summed E-state index contributed by atoms with van der Waals surface area (Å²) in [5.41, 5.74) is 7.68. The zero-order valence-corrected chi connectivity index (χ0v) is 14.2. The van der Waals surface area contributed by atoms with E-state index in [9.17, 15) is 9.59 Å². The third-order valence-corrected chi connectivity index (χ3v) is 5.06. The number of nitrogens with two attached hydrogens (primary N) is 1. The Kier molecular flexibility index (Phi) is 3.52. The summed E-state index contributed by atoms with van der Waals surface area (Å²) in [5.74, 6) is 0.603. The normalized spacial score (nSPS) is 23.2. The molecule has 2 unspecified atom stereocenters. The first-order valence-corrected chi connectivity index (χ1v) is 8.26. The van der Waals surface area contributed by atoms with Crippen molar-refractivity contribution in [3.8, 4) is 0 Å². The molecule has 0 aromatic carbocycles. The molecule has 9 heteroatoms. The van der Waals surface area contributed by atoms with E-state index in [1.807, 2.05) is 13.0 Å². The van der Waals surface area contributed by atoms with E-state index in [1.54, 1.807) is 27.7 Å². The number of carbonyl (C=O) groups excluding carboxylic acids is 2. The van der Waals surface area contributed by atoms with E-state index in [4.69, 9.17) is 10.3 Å². The first-order chi connectivity index (χ1) is 12.0. The second-order valence-electron chi connectivity index (χ2n) is 6.77. The molecule has 2 aromatic rings. The second-order valence-corrected chi connectivity index (χ2v) is 6.77. The Morgan fingerprint density at radius 1 is 1.40 bits per heavy atom. The molecule has 0 bridgehead atoms. The smallest absolute Gasteiger partial charge is 0.315 e. The van der Waals surface area contributed by atoms with Crippen molar-refractivity contribution in [3.05, 3.63) is 35.0 Å². The Morgan fingerprint density at radius 3 is 2.88 bits per heavy atom. The summed E-state index contributed by atoms with van der Waals surface area (Å²) in [4.78, 5) is 27.9. The summed E-state index contributed by atoms with van der Waals surface area (Å²) < 4.78 is 7.05. The molecule has 4 heterocycles. The molecule has 2 atom stereocenters. The van der Waals surface area contributed by atoms with Crippen LogP contribution in [-0.2, 0) is 19.5 Å². The first kappa shape index (κ1) is 15.7. The molecule has 0 saturated carbocycles. The molecule has 2 aliphatic rings. The van der Waals surface area contributed by atoms with E-state index in [-0.39, 0.29) is 17.9 Å². The molecule has 0 saturated heterocycles. The van der Waals surface area contributed by atoms with Gasteiger partial charge >= 0.3 is 6.03 Å². The van der Waals surface area contributed by atoms with Gasteiger partial charge in [-0.05, 0) is 6.92 Å². The summed E-state index contributed by atoms with van der Waals surface area (Å²) >= 11 is 0. The summed E-state index contributed by atoms with van der Waals surface area (Å²) in [6.45, 7) is 3.29. The second kappa shape index (κ2) is 5.61. The molecule has 0 aliphatic carbocycles. The average molecular weight is 344 g/mol. The van der Waals surface area contributed by atoms with Crippen molar-refractivity contribution in [2.75, 3.05) is 13.6 Å². The molecule has 25 heavy (non-hydrogen) atoms. The molecule has 2 N–H and O–H groups in total. The zero-order chi connectivity index (χ0) is 17.7. The highest BCUT2D eigenvalue weighted by Gasteiger charge is 2.37. The predicted molar refractivity (Wildman–Crippen MR) is 86.7 cm³/mol. The van der Waals surface area contributed by atoms with Crippen molar-refractivity contribution in [2.45, 2.75) is 38.4 Å². The molecule has 2 aliphatic heterocycles. The SMILES string of the molecule is CC1Cc2nn3c(c2CN1C(N)=O)C(=O)N(C)CC(c1ccno1)C3. The fraction of sp³-hybridized carbons (Fsp3) is 0.500. The fourth-order valence-corrected chi connectivity index (χ4v) is 3.74. The highest BCUT2D eigenvalue weighted by atomic mass is 16.5. The van der Waals surface area contributed by atoms with E-state index >= 15 is 0 Å². The monoisotopic (exact) mass is 344 g/mol. The molecule has 0 radical (unpaired) electrons. The van der Waals surface area contributed by atoms with Crippen molar-refractivity contribution in [3.63, 3.8) is 0 Å². The van der Waals surface area contributed by atoms with E-state index in [0.29, 0.717) is 31.7 Å². The van der Waals surface area contributed by atoms with Crippen LogP contribution in [0.25, 0.3) is 0 Å². The molecule has 4 rings (SSSR count). The number of amides is 3. The van der Waals surface area contributed by atoms with Gasteiger partial charge in [0, 0.05) is 37.7 Å². The highest BCUT2D eigenvalue weighted by molar-refractivity contribution is 5.94.